The minimum atomic E-state index is -0.876. The van der Waals surface area contributed by atoms with Crippen LogP contribution in [0.25, 0.3) is 0 Å². The maximum absolute atomic E-state index is 11.6. The summed E-state index contributed by atoms with van der Waals surface area (Å²) in [6.07, 6.45) is 0.611. The van der Waals surface area contributed by atoms with Gasteiger partial charge in [-0.3, -0.25) is 4.98 Å². The zero-order chi connectivity index (χ0) is 12.7. The van der Waals surface area contributed by atoms with E-state index in [9.17, 15) is 9.59 Å². The molecule has 0 N–H and O–H groups in total. The summed E-state index contributed by atoms with van der Waals surface area (Å²) in [6.45, 7) is 1.85. The van der Waals surface area contributed by atoms with E-state index in [1.165, 1.54) is 13.3 Å². The highest BCUT2D eigenvalue weighted by Crippen LogP contribution is 2.01. The first-order chi connectivity index (χ1) is 8.19. The fourth-order valence-corrected chi connectivity index (χ4v) is 1.05. The first-order valence-electron chi connectivity index (χ1n) is 4.94. The molecule has 0 aliphatic heterocycles. The average Bonchev–Trinajstić information content (AvgIpc) is 2.36. The van der Waals surface area contributed by atoms with Crippen LogP contribution in [-0.4, -0.2) is 36.5 Å². The molecule has 0 bridgehead atoms. The third-order valence-electron chi connectivity index (χ3n) is 1.75. The molecule has 1 amide bonds. The van der Waals surface area contributed by atoms with Crippen LogP contribution in [0.3, 0.4) is 0 Å². The van der Waals surface area contributed by atoms with E-state index >= 15 is 0 Å². The second kappa shape index (κ2) is 6.37. The summed E-state index contributed by atoms with van der Waals surface area (Å²) >= 11 is 0. The van der Waals surface area contributed by atoms with Gasteiger partial charge < -0.3 is 9.47 Å². The van der Waals surface area contributed by atoms with Gasteiger partial charge in [-0.15, -0.1) is 0 Å². The van der Waals surface area contributed by atoms with Crippen molar-refractivity contribution in [2.24, 2.45) is 4.99 Å². The minimum Gasteiger partial charge on any atom is -0.461 e. The van der Waals surface area contributed by atoms with Gasteiger partial charge in [0.2, 0.25) is 0 Å². The van der Waals surface area contributed by atoms with Crippen molar-refractivity contribution in [2.45, 2.75) is 6.92 Å². The minimum absolute atomic E-state index is 0.167. The number of pyridine rings is 1. The number of nitrogens with zero attached hydrogens (tertiary/aromatic N) is 2. The van der Waals surface area contributed by atoms with Crippen molar-refractivity contribution in [3.8, 4) is 0 Å². The van der Waals surface area contributed by atoms with Crippen molar-refractivity contribution in [2.75, 3.05) is 13.7 Å². The second-order valence-corrected chi connectivity index (χ2v) is 2.87. The predicted octanol–water partition coefficient (Wildman–Crippen LogP) is 1.20. The number of rotatable bonds is 3. The third kappa shape index (κ3) is 3.67. The number of carbonyl (C=O) groups is 2. The second-order valence-electron chi connectivity index (χ2n) is 2.87. The molecule has 90 valence electrons. The Labute approximate surface area is 98.3 Å². The van der Waals surface area contributed by atoms with Gasteiger partial charge in [0, 0.05) is 6.20 Å². The van der Waals surface area contributed by atoms with Crippen molar-refractivity contribution in [3.05, 3.63) is 30.1 Å². The van der Waals surface area contributed by atoms with Crippen LogP contribution >= 0.6 is 0 Å². The Balaban J connectivity index is 3.07. The maximum atomic E-state index is 11.6. The molecule has 6 nitrogen and oxygen atoms in total. The molecule has 0 fully saturated rings. The van der Waals surface area contributed by atoms with E-state index in [2.05, 4.69) is 14.7 Å². The number of aromatic nitrogens is 1. The lowest BCUT2D eigenvalue weighted by Crippen LogP contribution is -2.21. The summed E-state index contributed by atoms with van der Waals surface area (Å²) in [5.41, 5.74) is 0.0932. The molecule has 0 saturated heterocycles. The van der Waals surface area contributed by atoms with Gasteiger partial charge in [0.05, 0.1) is 19.4 Å². The van der Waals surface area contributed by atoms with Crippen LogP contribution in [0.4, 0.5) is 4.79 Å². The highest BCUT2D eigenvalue weighted by molar-refractivity contribution is 6.44. The lowest BCUT2D eigenvalue weighted by Gasteiger charge is -2.04. The molecule has 6 heteroatoms. The molecule has 1 aromatic rings. The van der Waals surface area contributed by atoms with E-state index in [4.69, 9.17) is 4.74 Å². The molecule has 0 aliphatic carbocycles. The Morgan fingerprint density at radius 3 is 2.71 bits per heavy atom. The van der Waals surface area contributed by atoms with Gasteiger partial charge in [0.25, 0.3) is 0 Å². The molecule has 1 aromatic heterocycles. The number of carbonyl (C=O) groups excluding carboxylic acids is 2. The molecular weight excluding hydrogens is 224 g/mol. The Kier molecular flexibility index (Phi) is 4.80. The molecule has 0 saturated carbocycles. The van der Waals surface area contributed by atoms with Crippen LogP contribution in [0.2, 0.25) is 0 Å². The highest BCUT2D eigenvalue weighted by atomic mass is 16.5. The molecule has 1 heterocycles. The SMILES string of the molecule is CCOC(=O)/C(=N/C(=O)OC)c1ccccn1. The molecule has 17 heavy (non-hydrogen) atoms. The zero-order valence-electron chi connectivity index (χ0n) is 9.54. The summed E-state index contributed by atoms with van der Waals surface area (Å²) < 4.78 is 9.15. The van der Waals surface area contributed by atoms with Gasteiger partial charge in [-0.2, -0.15) is 4.99 Å². The van der Waals surface area contributed by atoms with E-state index in [1.54, 1.807) is 25.1 Å². The van der Waals surface area contributed by atoms with E-state index in [-0.39, 0.29) is 18.0 Å². The quantitative estimate of drug-likeness (QED) is 0.582. The van der Waals surface area contributed by atoms with Crippen molar-refractivity contribution < 1.29 is 19.1 Å². The van der Waals surface area contributed by atoms with Crippen LogP contribution in [0.5, 0.6) is 0 Å². The lowest BCUT2D eigenvalue weighted by atomic mass is 10.2. The first-order valence-corrected chi connectivity index (χ1v) is 4.94. The topological polar surface area (TPSA) is 77.8 Å². The van der Waals surface area contributed by atoms with E-state index in [0.717, 1.165) is 0 Å². The number of amides is 1. The Morgan fingerprint density at radius 1 is 1.41 bits per heavy atom. The Bertz CT molecular complexity index is 428. The third-order valence-corrected chi connectivity index (χ3v) is 1.75. The summed E-state index contributed by atoms with van der Waals surface area (Å²) in [5, 5.41) is 0. The Hall–Kier alpha value is -2.24. The molecule has 0 unspecified atom stereocenters. The van der Waals surface area contributed by atoms with Crippen LogP contribution < -0.4 is 0 Å². The van der Waals surface area contributed by atoms with Crippen LogP contribution in [-0.2, 0) is 14.3 Å². The lowest BCUT2D eigenvalue weighted by molar-refractivity contribution is -0.134. The van der Waals surface area contributed by atoms with Crippen molar-refractivity contribution in [3.63, 3.8) is 0 Å². The standard InChI is InChI=1S/C11H12N2O4/c1-3-17-10(14)9(13-11(15)16-2)8-6-4-5-7-12-8/h4-7H,3H2,1-2H3/b13-9+. The van der Waals surface area contributed by atoms with E-state index in [1.807, 2.05) is 0 Å². The Morgan fingerprint density at radius 2 is 2.18 bits per heavy atom. The summed E-state index contributed by atoms with van der Waals surface area (Å²) in [6, 6.07) is 4.91. The van der Waals surface area contributed by atoms with Crippen LogP contribution in [0, 0.1) is 0 Å². The normalized spacial score (nSPS) is 10.8. The molecule has 0 aromatic carbocycles. The first kappa shape index (κ1) is 12.8. The molecule has 1 rings (SSSR count). The smallest absolute Gasteiger partial charge is 0.434 e. The van der Waals surface area contributed by atoms with Gasteiger partial charge in [0.1, 0.15) is 0 Å². The number of methoxy groups -OCH3 is 1. The fraction of sp³-hybridized carbons (Fsp3) is 0.273. The average molecular weight is 236 g/mol. The van der Waals surface area contributed by atoms with Crippen LogP contribution in [0.1, 0.15) is 12.6 Å². The number of ether oxygens (including phenoxy) is 2. The van der Waals surface area contributed by atoms with Gasteiger partial charge in [-0.1, -0.05) is 6.07 Å². The summed E-state index contributed by atoms with van der Waals surface area (Å²) in [5.74, 6) is -0.711. The van der Waals surface area contributed by atoms with E-state index < -0.39 is 12.1 Å². The van der Waals surface area contributed by atoms with Gasteiger partial charge in [0.15, 0.2) is 5.71 Å². The van der Waals surface area contributed by atoms with Crippen molar-refractivity contribution >= 4 is 17.8 Å². The molecular formula is C11H12N2O4. The number of hydrogen-bond donors (Lipinski definition) is 0. The van der Waals surface area contributed by atoms with Gasteiger partial charge >= 0.3 is 12.1 Å². The van der Waals surface area contributed by atoms with Crippen LogP contribution in [0.15, 0.2) is 29.4 Å². The van der Waals surface area contributed by atoms with Crippen molar-refractivity contribution in [1.29, 1.82) is 0 Å². The molecule has 0 radical (unpaired) electrons. The monoisotopic (exact) mass is 236 g/mol. The van der Waals surface area contributed by atoms with E-state index in [0.29, 0.717) is 0 Å². The van der Waals surface area contributed by atoms with Gasteiger partial charge in [-0.05, 0) is 19.1 Å². The zero-order valence-corrected chi connectivity index (χ0v) is 9.54. The predicted molar refractivity (Wildman–Crippen MR) is 59.8 cm³/mol. The largest absolute Gasteiger partial charge is 0.461 e. The summed E-state index contributed by atoms with van der Waals surface area (Å²) in [7, 11) is 1.17. The summed E-state index contributed by atoms with van der Waals surface area (Å²) in [4.78, 5) is 30.1. The molecule has 0 aliphatic rings. The number of aliphatic imine (C=N–C) groups is 1. The maximum Gasteiger partial charge on any atom is 0.434 e. The number of hydrogen-bond acceptors (Lipinski definition) is 5. The highest BCUT2D eigenvalue weighted by Gasteiger charge is 2.18. The molecule has 0 spiro atoms. The fourth-order valence-electron chi connectivity index (χ4n) is 1.05. The van der Waals surface area contributed by atoms with Gasteiger partial charge in [-0.25, -0.2) is 9.59 Å². The number of esters is 1. The molecule has 0 atom stereocenters. The van der Waals surface area contributed by atoms with Crippen molar-refractivity contribution in [1.82, 2.24) is 4.98 Å².